The van der Waals surface area contributed by atoms with Gasteiger partial charge in [-0.25, -0.2) is 4.68 Å². The first-order chi connectivity index (χ1) is 11.2. The zero-order valence-corrected chi connectivity index (χ0v) is 13.5. The predicted octanol–water partition coefficient (Wildman–Crippen LogP) is 1.73. The lowest BCUT2D eigenvalue weighted by atomic mass is 10.1. The Bertz CT molecular complexity index is 633. The molecule has 0 unspecified atom stereocenters. The third-order valence-electron chi connectivity index (χ3n) is 4.13. The number of nitrogens with one attached hydrogen (secondary N) is 1. The third kappa shape index (κ3) is 4.16. The highest BCUT2D eigenvalue weighted by Gasteiger charge is 2.16. The summed E-state index contributed by atoms with van der Waals surface area (Å²) < 4.78 is 1.61. The average Bonchev–Trinajstić information content (AvgIpc) is 3.25. The Morgan fingerprint density at radius 3 is 2.74 bits per heavy atom. The zero-order valence-electron chi connectivity index (χ0n) is 13.5. The molecule has 1 amide bonds. The van der Waals surface area contributed by atoms with Crippen LogP contribution in [0, 0.1) is 5.92 Å². The third-order valence-corrected chi connectivity index (χ3v) is 4.13. The van der Waals surface area contributed by atoms with Crippen molar-refractivity contribution in [2.45, 2.75) is 19.8 Å². The van der Waals surface area contributed by atoms with E-state index in [1.54, 1.807) is 10.9 Å². The van der Waals surface area contributed by atoms with Gasteiger partial charge in [-0.15, -0.1) is 5.10 Å². The molecule has 3 rings (SSSR count). The first-order valence-corrected chi connectivity index (χ1v) is 8.20. The van der Waals surface area contributed by atoms with E-state index in [4.69, 9.17) is 0 Å². The van der Waals surface area contributed by atoms with Crippen molar-refractivity contribution in [2.75, 3.05) is 26.2 Å². The van der Waals surface area contributed by atoms with Crippen molar-refractivity contribution in [2.24, 2.45) is 5.92 Å². The van der Waals surface area contributed by atoms with E-state index in [0.29, 0.717) is 18.2 Å². The molecule has 1 fully saturated rings. The van der Waals surface area contributed by atoms with Gasteiger partial charge >= 0.3 is 0 Å². The molecule has 0 radical (unpaired) electrons. The fraction of sp³-hybridized carbons (Fsp3) is 0.471. The van der Waals surface area contributed by atoms with Gasteiger partial charge in [0.05, 0.1) is 11.9 Å². The van der Waals surface area contributed by atoms with Crippen LogP contribution in [0.5, 0.6) is 0 Å². The van der Waals surface area contributed by atoms with E-state index in [2.05, 4.69) is 27.5 Å². The van der Waals surface area contributed by atoms with Crippen LogP contribution in [0.4, 0.5) is 0 Å². The Morgan fingerprint density at radius 2 is 2.00 bits per heavy atom. The normalized spacial score (nSPS) is 16.4. The molecule has 1 aromatic carbocycles. The molecule has 1 aromatic heterocycles. The Labute approximate surface area is 136 Å². The number of aromatic nitrogens is 3. The number of amides is 1. The van der Waals surface area contributed by atoms with Crippen LogP contribution < -0.4 is 5.32 Å². The summed E-state index contributed by atoms with van der Waals surface area (Å²) in [6.07, 6.45) is 4.25. The molecule has 23 heavy (non-hydrogen) atoms. The number of nitrogens with zero attached hydrogens (tertiary/aromatic N) is 4. The van der Waals surface area contributed by atoms with Crippen molar-refractivity contribution >= 4 is 5.91 Å². The molecule has 1 aliphatic heterocycles. The minimum Gasteiger partial charge on any atom is -0.350 e. The molecule has 1 N–H and O–H groups in total. The van der Waals surface area contributed by atoms with Gasteiger partial charge in [-0.3, -0.25) is 4.79 Å². The van der Waals surface area contributed by atoms with Crippen LogP contribution in [-0.4, -0.2) is 52.0 Å². The summed E-state index contributed by atoms with van der Waals surface area (Å²) in [7, 11) is 0. The van der Waals surface area contributed by atoms with E-state index in [1.165, 1.54) is 25.9 Å². The molecule has 1 saturated heterocycles. The van der Waals surface area contributed by atoms with E-state index in [-0.39, 0.29) is 5.91 Å². The van der Waals surface area contributed by atoms with E-state index in [0.717, 1.165) is 12.2 Å². The molecule has 1 aliphatic rings. The number of rotatable bonds is 6. The van der Waals surface area contributed by atoms with E-state index in [9.17, 15) is 4.79 Å². The smallest absolute Gasteiger partial charge is 0.273 e. The van der Waals surface area contributed by atoms with Crippen molar-refractivity contribution < 1.29 is 4.79 Å². The van der Waals surface area contributed by atoms with Crippen LogP contribution in [-0.2, 0) is 0 Å². The van der Waals surface area contributed by atoms with Gasteiger partial charge in [-0.2, -0.15) is 0 Å². The Kier molecular flexibility index (Phi) is 5.02. The van der Waals surface area contributed by atoms with Crippen molar-refractivity contribution in [3.63, 3.8) is 0 Å². The first kappa shape index (κ1) is 15.7. The maximum Gasteiger partial charge on any atom is 0.273 e. The molecule has 0 aliphatic carbocycles. The second kappa shape index (κ2) is 7.37. The second-order valence-corrected chi connectivity index (χ2v) is 6.21. The molecule has 0 saturated carbocycles. The highest BCUT2D eigenvalue weighted by Crippen LogP contribution is 2.10. The monoisotopic (exact) mass is 313 g/mol. The molecular weight excluding hydrogens is 290 g/mol. The summed E-state index contributed by atoms with van der Waals surface area (Å²) in [5.41, 5.74) is 1.24. The maximum absolute atomic E-state index is 12.2. The number of hydrogen-bond donors (Lipinski definition) is 1. The first-order valence-electron chi connectivity index (χ1n) is 8.20. The number of carbonyl (C=O) groups excluding carboxylic acids is 1. The lowest BCUT2D eigenvalue weighted by molar-refractivity contribution is 0.0940. The average molecular weight is 313 g/mol. The molecule has 6 nitrogen and oxygen atoms in total. The summed E-state index contributed by atoms with van der Waals surface area (Å²) >= 11 is 0. The lowest BCUT2D eigenvalue weighted by Gasteiger charge is -2.20. The zero-order chi connectivity index (χ0) is 16.1. The molecule has 2 heterocycles. The van der Waals surface area contributed by atoms with Crippen LogP contribution in [0.15, 0.2) is 36.5 Å². The van der Waals surface area contributed by atoms with Crippen LogP contribution in [0.1, 0.15) is 30.3 Å². The fourth-order valence-electron chi connectivity index (χ4n) is 2.90. The van der Waals surface area contributed by atoms with Gasteiger partial charge in [0.1, 0.15) is 0 Å². The molecule has 2 aromatic rings. The van der Waals surface area contributed by atoms with Gasteiger partial charge in [0.25, 0.3) is 5.91 Å². The van der Waals surface area contributed by atoms with E-state index >= 15 is 0 Å². The van der Waals surface area contributed by atoms with Crippen molar-refractivity contribution in [3.05, 3.63) is 42.2 Å². The van der Waals surface area contributed by atoms with Crippen LogP contribution in [0.2, 0.25) is 0 Å². The lowest BCUT2D eigenvalue weighted by Crippen LogP contribution is -2.34. The number of para-hydroxylation sites is 1. The summed E-state index contributed by atoms with van der Waals surface area (Å²) in [5.74, 6) is 0.265. The van der Waals surface area contributed by atoms with Gasteiger partial charge in [0.2, 0.25) is 0 Å². The molecular formula is C17H23N5O. The van der Waals surface area contributed by atoms with Crippen molar-refractivity contribution in [1.29, 1.82) is 0 Å². The fourth-order valence-corrected chi connectivity index (χ4v) is 2.90. The van der Waals surface area contributed by atoms with Gasteiger partial charge < -0.3 is 10.2 Å². The van der Waals surface area contributed by atoms with Crippen molar-refractivity contribution in [3.8, 4) is 5.69 Å². The number of benzene rings is 1. The van der Waals surface area contributed by atoms with Gasteiger partial charge in [0.15, 0.2) is 5.69 Å². The van der Waals surface area contributed by atoms with Crippen LogP contribution >= 0.6 is 0 Å². The SMILES string of the molecule is C[C@H](CNC(=O)c1cn(-c2ccccc2)nn1)CN1CCCC1. The van der Waals surface area contributed by atoms with Crippen LogP contribution in [0.3, 0.4) is 0 Å². The Hall–Kier alpha value is -2.21. The van der Waals surface area contributed by atoms with E-state index < -0.39 is 0 Å². The molecule has 0 spiro atoms. The molecule has 0 bridgehead atoms. The van der Waals surface area contributed by atoms with Crippen molar-refractivity contribution in [1.82, 2.24) is 25.2 Å². The summed E-state index contributed by atoms with van der Waals surface area (Å²) in [6, 6.07) is 9.65. The number of likely N-dealkylation sites (tertiary alicyclic amines) is 1. The summed E-state index contributed by atoms with van der Waals surface area (Å²) in [5, 5.41) is 10.9. The van der Waals surface area contributed by atoms with Crippen LogP contribution in [0.25, 0.3) is 5.69 Å². The number of carbonyl (C=O) groups is 1. The number of hydrogen-bond acceptors (Lipinski definition) is 4. The Balaban J connectivity index is 1.51. The summed E-state index contributed by atoms with van der Waals surface area (Å²) in [6.45, 7) is 6.23. The largest absolute Gasteiger partial charge is 0.350 e. The molecule has 6 heteroatoms. The maximum atomic E-state index is 12.2. The minimum atomic E-state index is -0.166. The second-order valence-electron chi connectivity index (χ2n) is 6.21. The quantitative estimate of drug-likeness (QED) is 0.882. The minimum absolute atomic E-state index is 0.166. The standard InChI is InChI=1S/C17H23N5O/c1-14(12-21-9-5-6-10-21)11-18-17(23)16-13-22(20-19-16)15-7-3-2-4-8-15/h2-4,7-8,13-14H,5-6,9-12H2,1H3,(H,18,23)/t14-/m1/s1. The topological polar surface area (TPSA) is 63.1 Å². The highest BCUT2D eigenvalue weighted by atomic mass is 16.2. The predicted molar refractivity (Wildman–Crippen MR) is 88.5 cm³/mol. The van der Waals surface area contributed by atoms with E-state index in [1.807, 2.05) is 30.3 Å². The molecule has 122 valence electrons. The van der Waals surface area contributed by atoms with Gasteiger partial charge in [-0.1, -0.05) is 30.3 Å². The summed E-state index contributed by atoms with van der Waals surface area (Å²) in [4.78, 5) is 14.7. The highest BCUT2D eigenvalue weighted by molar-refractivity contribution is 5.91. The molecule has 1 atom stereocenters. The Morgan fingerprint density at radius 1 is 1.26 bits per heavy atom. The van der Waals surface area contributed by atoms with Gasteiger partial charge in [-0.05, 0) is 44.0 Å². The van der Waals surface area contributed by atoms with Gasteiger partial charge in [0, 0.05) is 13.1 Å².